The average molecular weight is 890 g/mol. The molecule has 4 N–H and O–H groups in total. The number of amides is 1. The van der Waals surface area contributed by atoms with Crippen LogP contribution in [0.2, 0.25) is 0 Å². The number of halogens is 1. The summed E-state index contributed by atoms with van der Waals surface area (Å²) in [5.74, 6) is 1.19. The summed E-state index contributed by atoms with van der Waals surface area (Å²) >= 11 is 1.07. The lowest BCUT2D eigenvalue weighted by atomic mass is 9.70. The number of piperidine rings is 1. The number of carbonyl (C=O) groups is 1. The molecule has 2 saturated carbocycles. The number of anilines is 2. The molecule has 5 aromatic rings. The molecule has 12 nitrogen and oxygen atoms in total. The third kappa shape index (κ3) is 9.19. The minimum atomic E-state index is -0.610. The second-order valence-electron chi connectivity index (χ2n) is 19.2. The number of ether oxygens (including phenoxy) is 2. The summed E-state index contributed by atoms with van der Waals surface area (Å²) in [5, 5.41) is 17.2. The highest BCUT2D eigenvalue weighted by molar-refractivity contribution is 7.98. The van der Waals surface area contributed by atoms with Crippen molar-refractivity contribution in [3.05, 3.63) is 100 Å². The van der Waals surface area contributed by atoms with Crippen LogP contribution in [0.4, 0.5) is 21.5 Å². The van der Waals surface area contributed by atoms with E-state index in [0.29, 0.717) is 52.0 Å². The lowest BCUT2D eigenvalue weighted by Gasteiger charge is -2.57. The Kier molecular flexibility index (Phi) is 12.6. The first kappa shape index (κ1) is 44.0. The summed E-state index contributed by atoms with van der Waals surface area (Å²) in [6, 6.07) is 22.1. The Morgan fingerprint density at radius 1 is 1.02 bits per heavy atom. The van der Waals surface area contributed by atoms with Gasteiger partial charge in [-0.2, -0.15) is 4.98 Å². The molecule has 3 aromatic carbocycles. The second-order valence-corrected chi connectivity index (χ2v) is 20.1. The molecule has 0 bridgehead atoms. The van der Waals surface area contributed by atoms with Crippen LogP contribution < -0.4 is 24.4 Å². The van der Waals surface area contributed by atoms with E-state index in [1.165, 1.54) is 44.2 Å². The number of nitrogens with zero attached hydrogens (tertiary/aromatic N) is 4. The number of aromatic amines is 1. The Labute approximate surface area is 379 Å². The lowest BCUT2D eigenvalue weighted by Crippen LogP contribution is -2.63. The van der Waals surface area contributed by atoms with Crippen LogP contribution in [0.1, 0.15) is 112 Å². The molecule has 4 fully saturated rings. The van der Waals surface area contributed by atoms with Crippen LogP contribution in [-0.4, -0.2) is 77.4 Å². The molecule has 338 valence electrons. The molecule has 4 heterocycles. The number of carbonyl (C=O) groups excluding carboxylic acids is 1. The van der Waals surface area contributed by atoms with Crippen molar-refractivity contribution in [1.82, 2.24) is 19.6 Å². The zero-order valence-corrected chi connectivity index (χ0v) is 38.1. The molecule has 1 amide bonds. The maximum atomic E-state index is 14.8. The molecule has 1 unspecified atom stereocenters. The van der Waals surface area contributed by atoms with E-state index in [9.17, 15) is 19.2 Å². The van der Waals surface area contributed by atoms with Crippen molar-refractivity contribution in [3.63, 3.8) is 0 Å². The smallest absolute Gasteiger partial charge is 0.265 e. The highest BCUT2D eigenvalue weighted by Gasteiger charge is 2.49. The molecule has 14 heteroatoms. The van der Waals surface area contributed by atoms with Crippen LogP contribution in [0, 0.1) is 22.1 Å². The van der Waals surface area contributed by atoms with Crippen molar-refractivity contribution in [1.29, 1.82) is 0 Å². The van der Waals surface area contributed by atoms with E-state index in [4.69, 9.17) is 9.47 Å². The molecule has 0 radical (unpaired) electrons. The van der Waals surface area contributed by atoms with Crippen LogP contribution >= 0.6 is 11.9 Å². The van der Waals surface area contributed by atoms with Crippen molar-refractivity contribution in [3.8, 4) is 17.4 Å². The SMILES string of the molecule is COc1nc2[nH]cc(F)c2cc1Oc1cc(N2CCC3(CC2)CN(C2CCC[C@H]2c2ccccc2C(C)C)C3)ccc1C(=O)NSc1ccc(NCC2CCC(C)(O)CC2)c(N=O)c1. The number of aliphatic hydroxyl groups is 1. The van der Waals surface area contributed by atoms with Gasteiger partial charge in [0.05, 0.1) is 29.3 Å². The third-order valence-electron chi connectivity index (χ3n) is 14.5. The van der Waals surface area contributed by atoms with Gasteiger partial charge >= 0.3 is 0 Å². The minimum absolute atomic E-state index is 0.144. The average Bonchev–Trinajstić information content (AvgIpc) is 3.93. The van der Waals surface area contributed by atoms with Crippen molar-refractivity contribution in [2.45, 2.75) is 107 Å². The number of rotatable bonds is 14. The van der Waals surface area contributed by atoms with Gasteiger partial charge in [0.1, 0.15) is 22.9 Å². The molecule has 64 heavy (non-hydrogen) atoms. The largest absolute Gasteiger partial charge is 0.478 e. The number of methoxy groups -OCH3 is 1. The maximum absolute atomic E-state index is 14.8. The number of hydrogen-bond donors (Lipinski definition) is 4. The number of aromatic nitrogens is 2. The van der Waals surface area contributed by atoms with E-state index in [1.54, 1.807) is 23.8 Å². The number of hydrogen-bond acceptors (Lipinski definition) is 11. The predicted octanol–water partition coefficient (Wildman–Crippen LogP) is 11.1. The fourth-order valence-electron chi connectivity index (χ4n) is 10.7. The summed E-state index contributed by atoms with van der Waals surface area (Å²) < 4.78 is 29.7. The molecule has 1 spiro atoms. The molecule has 2 aliphatic carbocycles. The van der Waals surface area contributed by atoms with Gasteiger partial charge in [0.25, 0.3) is 11.8 Å². The second kappa shape index (κ2) is 18.4. The number of H-pyrrole nitrogens is 1. The van der Waals surface area contributed by atoms with Gasteiger partial charge in [-0.25, -0.2) is 4.39 Å². The molecule has 2 saturated heterocycles. The Morgan fingerprint density at radius 3 is 2.55 bits per heavy atom. The van der Waals surface area contributed by atoms with Crippen molar-refractivity contribution >= 4 is 46.0 Å². The quantitative estimate of drug-likeness (QED) is 0.0628. The summed E-state index contributed by atoms with van der Waals surface area (Å²) in [6.07, 6.45) is 10.5. The predicted molar refractivity (Wildman–Crippen MR) is 252 cm³/mol. The van der Waals surface area contributed by atoms with Gasteiger partial charge in [0.15, 0.2) is 5.75 Å². The minimum Gasteiger partial charge on any atom is -0.478 e. The van der Waals surface area contributed by atoms with E-state index in [1.807, 2.05) is 25.1 Å². The summed E-state index contributed by atoms with van der Waals surface area (Å²) in [6.45, 7) is 11.2. The van der Waals surface area contributed by atoms with Gasteiger partial charge in [0, 0.05) is 67.7 Å². The highest BCUT2D eigenvalue weighted by Crippen LogP contribution is 2.49. The van der Waals surface area contributed by atoms with Gasteiger partial charge in [-0.05, 0) is 140 Å². The first-order valence-electron chi connectivity index (χ1n) is 22.9. The molecular weight excluding hydrogens is 830 g/mol. The van der Waals surface area contributed by atoms with Crippen molar-refractivity contribution in [2.24, 2.45) is 16.5 Å². The first-order valence-corrected chi connectivity index (χ1v) is 23.8. The Hall–Kier alpha value is -5.18. The fourth-order valence-corrected chi connectivity index (χ4v) is 11.4. The third-order valence-corrected chi connectivity index (χ3v) is 15.3. The number of nitrogens with one attached hydrogen (secondary N) is 3. The van der Waals surface area contributed by atoms with Gasteiger partial charge < -0.3 is 29.8 Å². The van der Waals surface area contributed by atoms with E-state index in [2.05, 4.69) is 73.1 Å². The normalized spacial score (nSPS) is 23.3. The molecule has 2 atom stereocenters. The zero-order valence-electron chi connectivity index (χ0n) is 37.3. The number of benzene rings is 3. The van der Waals surface area contributed by atoms with Crippen molar-refractivity contribution < 1.29 is 23.8 Å². The van der Waals surface area contributed by atoms with Crippen LogP contribution in [0.5, 0.6) is 17.4 Å². The fraction of sp³-hybridized carbons (Fsp3) is 0.480. The Morgan fingerprint density at radius 2 is 1.80 bits per heavy atom. The number of likely N-dealkylation sites (tertiary alicyclic amines) is 1. The molecule has 9 rings (SSSR count). The monoisotopic (exact) mass is 889 g/mol. The number of pyridine rings is 1. The van der Waals surface area contributed by atoms with Crippen LogP contribution in [0.25, 0.3) is 11.0 Å². The van der Waals surface area contributed by atoms with Crippen LogP contribution in [-0.2, 0) is 0 Å². The Bertz CT molecular complexity index is 2490. The standard InChI is InChI=1S/C50H60FN7O5S/c1-31(2)35-8-5-6-9-36(35)37-10-7-11-43(37)58-29-50(30-58)20-22-57(23-21-50)33-12-14-38(44(24-33)63-45-26-39-40(51)28-53-46(39)54-48(45)62-4)47(59)56-64-34-13-15-41(42(25-34)55-61)52-27-32-16-18-49(3,60)19-17-32/h5-6,8-9,12-15,24-26,28,31-32,37,43,52,60H,7,10-11,16-23,27,29-30H2,1-4H3,(H,53,54)(H,56,59)/t32?,37-,43?,49?/m0/s1. The van der Waals surface area contributed by atoms with Gasteiger partial charge in [-0.1, -0.05) is 44.5 Å². The van der Waals surface area contributed by atoms with E-state index in [-0.39, 0.29) is 34.0 Å². The van der Waals surface area contributed by atoms with Gasteiger partial charge in [-0.15, -0.1) is 4.91 Å². The summed E-state index contributed by atoms with van der Waals surface area (Å²) in [5.41, 5.74) is 5.11. The van der Waals surface area contributed by atoms with E-state index < -0.39 is 17.3 Å². The van der Waals surface area contributed by atoms with E-state index >= 15 is 0 Å². The molecule has 4 aliphatic rings. The van der Waals surface area contributed by atoms with Crippen LogP contribution in [0.15, 0.2) is 83.0 Å². The Balaban J connectivity index is 0.888. The number of nitroso groups, excluding NO2 is 1. The first-order chi connectivity index (χ1) is 30.9. The topological polar surface area (TPSA) is 144 Å². The zero-order chi connectivity index (χ0) is 44.6. The van der Waals surface area contributed by atoms with Gasteiger partial charge in [-0.3, -0.25) is 14.4 Å². The van der Waals surface area contributed by atoms with Gasteiger partial charge in [0.2, 0.25) is 0 Å². The summed E-state index contributed by atoms with van der Waals surface area (Å²) in [4.78, 5) is 38.9. The number of fused-ring (bicyclic) bond motifs is 1. The van der Waals surface area contributed by atoms with E-state index in [0.717, 1.165) is 82.3 Å². The lowest BCUT2D eigenvalue weighted by molar-refractivity contribution is -0.0493. The highest BCUT2D eigenvalue weighted by atomic mass is 32.2. The molecule has 2 aromatic heterocycles. The van der Waals surface area contributed by atoms with Crippen molar-refractivity contribution in [2.75, 3.05) is 50.1 Å². The molecule has 2 aliphatic heterocycles. The summed E-state index contributed by atoms with van der Waals surface area (Å²) in [7, 11) is 1.47. The van der Waals surface area contributed by atoms with Crippen LogP contribution in [0.3, 0.4) is 0 Å². The maximum Gasteiger partial charge on any atom is 0.265 e. The molecular formula is C50H60FN7O5S.